The molecular weight excluding hydrogens is 360 g/mol. The van der Waals surface area contributed by atoms with Gasteiger partial charge in [-0.05, 0) is 50.9 Å². The highest BCUT2D eigenvalue weighted by molar-refractivity contribution is 7.16. The van der Waals surface area contributed by atoms with Gasteiger partial charge in [-0.3, -0.25) is 14.5 Å². The summed E-state index contributed by atoms with van der Waals surface area (Å²) in [6, 6.07) is 8.12. The lowest BCUT2D eigenvalue weighted by Crippen LogP contribution is -2.62. The monoisotopic (exact) mass is 384 g/mol. The van der Waals surface area contributed by atoms with Crippen molar-refractivity contribution in [1.82, 2.24) is 15.2 Å². The number of carbonyl (C=O) groups is 2. The number of fused-ring (bicyclic) bond motifs is 3. The van der Waals surface area contributed by atoms with E-state index in [2.05, 4.69) is 27.4 Å². The molecule has 7 heteroatoms. The number of carbonyl (C=O) groups excluding carboxylic acids is 2. The van der Waals surface area contributed by atoms with Crippen LogP contribution in [0.4, 0.5) is 5.69 Å². The first kappa shape index (κ1) is 18.1. The summed E-state index contributed by atoms with van der Waals surface area (Å²) in [5, 5.41) is 6.80. The Balaban J connectivity index is 1.48. The Morgan fingerprint density at radius 3 is 2.74 bits per heavy atom. The predicted octanol–water partition coefficient (Wildman–Crippen LogP) is 2.98. The van der Waals surface area contributed by atoms with Crippen molar-refractivity contribution in [3.8, 4) is 10.6 Å². The van der Waals surface area contributed by atoms with Gasteiger partial charge in [0, 0.05) is 30.3 Å². The predicted molar refractivity (Wildman–Crippen MR) is 107 cm³/mol. The lowest BCUT2D eigenvalue weighted by molar-refractivity contribution is -0.114. The number of nitrogens with one attached hydrogen (secondary N) is 2. The lowest BCUT2D eigenvalue weighted by Gasteiger charge is -2.49. The van der Waals surface area contributed by atoms with E-state index in [9.17, 15) is 9.59 Å². The van der Waals surface area contributed by atoms with Gasteiger partial charge < -0.3 is 10.6 Å². The molecule has 0 saturated carbocycles. The summed E-state index contributed by atoms with van der Waals surface area (Å²) < 4.78 is 0. The Morgan fingerprint density at radius 1 is 1.26 bits per heavy atom. The Kier molecular flexibility index (Phi) is 4.97. The number of aromatic nitrogens is 1. The SMILES string of the molecule is CC(=O)Nc1cccc(-c2ncc(C(=O)N[C@@H]3C4CCN(CC4)[C@H]3C)s2)c1. The largest absolute Gasteiger partial charge is 0.347 e. The second-order valence-corrected chi connectivity index (χ2v) is 8.44. The maximum absolute atomic E-state index is 12.8. The molecule has 4 heterocycles. The van der Waals surface area contributed by atoms with E-state index in [0.717, 1.165) is 29.3 Å². The molecule has 2 aromatic rings. The molecule has 3 aliphatic heterocycles. The molecule has 0 aliphatic carbocycles. The van der Waals surface area contributed by atoms with Gasteiger partial charge >= 0.3 is 0 Å². The van der Waals surface area contributed by atoms with E-state index in [-0.39, 0.29) is 17.9 Å². The molecule has 2 N–H and O–H groups in total. The Morgan fingerprint density at radius 2 is 2.04 bits per heavy atom. The van der Waals surface area contributed by atoms with E-state index in [4.69, 9.17) is 0 Å². The number of piperidine rings is 3. The highest BCUT2D eigenvalue weighted by Gasteiger charge is 2.40. The van der Waals surface area contributed by atoms with Crippen LogP contribution in [0.1, 0.15) is 36.4 Å². The summed E-state index contributed by atoms with van der Waals surface area (Å²) in [4.78, 5) is 31.5. The number of hydrogen-bond acceptors (Lipinski definition) is 5. The van der Waals surface area contributed by atoms with Gasteiger partial charge in [0.15, 0.2) is 0 Å². The first-order valence-electron chi connectivity index (χ1n) is 9.40. The van der Waals surface area contributed by atoms with Gasteiger partial charge in [-0.25, -0.2) is 4.98 Å². The summed E-state index contributed by atoms with van der Waals surface area (Å²) in [5.41, 5.74) is 1.61. The number of anilines is 1. The number of thiazole rings is 1. The zero-order chi connectivity index (χ0) is 19.0. The van der Waals surface area contributed by atoms with Gasteiger partial charge in [-0.1, -0.05) is 12.1 Å². The molecule has 27 heavy (non-hydrogen) atoms. The Bertz CT molecular complexity index is 855. The van der Waals surface area contributed by atoms with Crippen LogP contribution in [-0.4, -0.2) is 46.9 Å². The van der Waals surface area contributed by atoms with E-state index >= 15 is 0 Å². The molecule has 0 unspecified atom stereocenters. The highest BCUT2D eigenvalue weighted by Crippen LogP contribution is 2.33. The highest BCUT2D eigenvalue weighted by atomic mass is 32.1. The van der Waals surface area contributed by atoms with E-state index in [0.29, 0.717) is 16.8 Å². The molecule has 3 saturated heterocycles. The fourth-order valence-electron chi connectivity index (χ4n) is 4.21. The van der Waals surface area contributed by atoms with Crippen molar-refractivity contribution in [1.29, 1.82) is 0 Å². The van der Waals surface area contributed by atoms with E-state index in [1.807, 2.05) is 24.3 Å². The van der Waals surface area contributed by atoms with Crippen LogP contribution in [0.5, 0.6) is 0 Å². The molecule has 1 aromatic heterocycles. The second-order valence-electron chi connectivity index (χ2n) is 7.40. The van der Waals surface area contributed by atoms with Crippen LogP contribution in [0.15, 0.2) is 30.5 Å². The van der Waals surface area contributed by atoms with Crippen molar-refractivity contribution in [2.75, 3.05) is 18.4 Å². The van der Waals surface area contributed by atoms with Gasteiger partial charge in [0.1, 0.15) is 9.88 Å². The Labute approximate surface area is 163 Å². The number of amides is 2. The molecule has 1 aromatic carbocycles. The molecule has 5 rings (SSSR count). The summed E-state index contributed by atoms with van der Waals surface area (Å²) in [7, 11) is 0. The molecule has 2 amide bonds. The molecule has 2 atom stereocenters. The topological polar surface area (TPSA) is 74.3 Å². The van der Waals surface area contributed by atoms with Crippen molar-refractivity contribution in [2.45, 2.75) is 38.8 Å². The van der Waals surface area contributed by atoms with Gasteiger partial charge in [0.2, 0.25) is 5.91 Å². The molecule has 2 bridgehead atoms. The van der Waals surface area contributed by atoms with Crippen LogP contribution >= 0.6 is 11.3 Å². The van der Waals surface area contributed by atoms with Crippen LogP contribution < -0.4 is 10.6 Å². The second kappa shape index (κ2) is 7.40. The van der Waals surface area contributed by atoms with Crippen molar-refractivity contribution in [3.63, 3.8) is 0 Å². The zero-order valence-corrected chi connectivity index (χ0v) is 16.4. The Hall–Kier alpha value is -2.25. The minimum absolute atomic E-state index is 0.0395. The van der Waals surface area contributed by atoms with Crippen molar-refractivity contribution < 1.29 is 9.59 Å². The van der Waals surface area contributed by atoms with Crippen LogP contribution in [0, 0.1) is 5.92 Å². The standard InChI is InChI=1S/C20H24N4O2S/c1-12-18(14-6-8-24(12)9-7-14)23-19(26)17-11-21-20(27-17)15-4-3-5-16(10-15)22-13(2)25/h3-5,10-12,14,18H,6-9H2,1-2H3,(H,22,25)(H,23,26)/t12-,18-/m0/s1. The van der Waals surface area contributed by atoms with Gasteiger partial charge in [-0.15, -0.1) is 11.3 Å². The molecule has 0 spiro atoms. The molecule has 0 radical (unpaired) electrons. The number of benzene rings is 1. The first-order valence-corrected chi connectivity index (χ1v) is 10.2. The quantitative estimate of drug-likeness (QED) is 0.850. The summed E-state index contributed by atoms with van der Waals surface area (Å²) in [6.07, 6.45) is 3.98. The molecular formula is C20H24N4O2S. The fraction of sp³-hybridized carbons (Fsp3) is 0.450. The average molecular weight is 385 g/mol. The third-order valence-corrected chi connectivity index (χ3v) is 6.68. The lowest BCUT2D eigenvalue weighted by atomic mass is 9.79. The third kappa shape index (κ3) is 3.75. The van der Waals surface area contributed by atoms with Crippen LogP contribution in [-0.2, 0) is 4.79 Å². The van der Waals surface area contributed by atoms with E-state index in [1.165, 1.54) is 31.1 Å². The van der Waals surface area contributed by atoms with Gasteiger partial charge in [0.05, 0.1) is 6.20 Å². The minimum atomic E-state index is -0.113. The summed E-state index contributed by atoms with van der Waals surface area (Å²) >= 11 is 1.38. The van der Waals surface area contributed by atoms with Crippen molar-refractivity contribution in [3.05, 3.63) is 35.3 Å². The average Bonchev–Trinajstić information content (AvgIpc) is 3.15. The summed E-state index contributed by atoms with van der Waals surface area (Å²) in [5.74, 6) is 0.427. The maximum atomic E-state index is 12.8. The van der Waals surface area contributed by atoms with E-state index in [1.54, 1.807) is 6.20 Å². The third-order valence-electron chi connectivity index (χ3n) is 5.63. The number of nitrogens with zero attached hydrogens (tertiary/aromatic N) is 2. The van der Waals surface area contributed by atoms with Crippen LogP contribution in [0.2, 0.25) is 0 Å². The molecule has 3 fully saturated rings. The minimum Gasteiger partial charge on any atom is -0.347 e. The van der Waals surface area contributed by atoms with Crippen LogP contribution in [0.3, 0.4) is 0 Å². The summed E-state index contributed by atoms with van der Waals surface area (Å²) in [6.45, 7) is 5.98. The number of hydrogen-bond donors (Lipinski definition) is 2. The normalized spacial score (nSPS) is 26.6. The zero-order valence-electron chi connectivity index (χ0n) is 15.6. The van der Waals surface area contributed by atoms with Crippen molar-refractivity contribution >= 4 is 28.8 Å². The van der Waals surface area contributed by atoms with Crippen molar-refractivity contribution in [2.24, 2.45) is 5.92 Å². The number of rotatable bonds is 4. The molecule has 142 valence electrons. The maximum Gasteiger partial charge on any atom is 0.263 e. The van der Waals surface area contributed by atoms with E-state index < -0.39 is 0 Å². The van der Waals surface area contributed by atoms with Gasteiger partial charge in [-0.2, -0.15) is 0 Å². The first-order chi connectivity index (χ1) is 13.0. The fourth-order valence-corrected chi connectivity index (χ4v) is 5.03. The molecule has 6 nitrogen and oxygen atoms in total. The van der Waals surface area contributed by atoms with Gasteiger partial charge in [0.25, 0.3) is 5.91 Å². The molecule has 3 aliphatic rings. The van der Waals surface area contributed by atoms with Crippen LogP contribution in [0.25, 0.3) is 10.6 Å². The smallest absolute Gasteiger partial charge is 0.263 e.